The van der Waals surface area contributed by atoms with Gasteiger partial charge in [0.05, 0.1) is 11.0 Å². The van der Waals surface area contributed by atoms with Gasteiger partial charge in [0, 0.05) is 18.7 Å². The highest BCUT2D eigenvalue weighted by Crippen LogP contribution is 2.23. The van der Waals surface area contributed by atoms with Crippen molar-refractivity contribution in [3.05, 3.63) is 29.8 Å². The van der Waals surface area contributed by atoms with Crippen molar-refractivity contribution < 1.29 is 18.3 Å². The Balaban J connectivity index is 2.24. The molecule has 1 aliphatic rings. The molecule has 7 heteroatoms. The summed E-state index contributed by atoms with van der Waals surface area (Å²) in [5, 5.41) is 9.66. The number of hydrogen-bond donors (Lipinski definition) is 2. The van der Waals surface area contributed by atoms with E-state index in [0.29, 0.717) is 19.5 Å². The highest BCUT2D eigenvalue weighted by Gasteiger charge is 2.32. The molecule has 1 aliphatic heterocycles. The van der Waals surface area contributed by atoms with Crippen LogP contribution >= 0.6 is 0 Å². The molecular weight excluding hydrogens is 280 g/mol. The molecule has 1 heterocycles. The normalized spacial score (nSPS) is 24.5. The largest absolute Gasteiger partial charge is 0.393 e. The summed E-state index contributed by atoms with van der Waals surface area (Å²) >= 11 is 0. The fourth-order valence-corrected chi connectivity index (χ4v) is 3.81. The highest BCUT2D eigenvalue weighted by atomic mass is 32.2. The number of amides is 1. The Labute approximate surface area is 118 Å². The van der Waals surface area contributed by atoms with Gasteiger partial charge in [-0.15, -0.1) is 0 Å². The lowest BCUT2D eigenvalue weighted by Crippen LogP contribution is -2.44. The van der Waals surface area contributed by atoms with Gasteiger partial charge < -0.3 is 10.8 Å². The summed E-state index contributed by atoms with van der Waals surface area (Å²) in [6, 6.07) is 5.56. The molecule has 2 rings (SSSR count). The van der Waals surface area contributed by atoms with Gasteiger partial charge in [0.15, 0.2) is 0 Å². The van der Waals surface area contributed by atoms with E-state index >= 15 is 0 Å². The van der Waals surface area contributed by atoms with Gasteiger partial charge in [0.2, 0.25) is 15.9 Å². The van der Waals surface area contributed by atoms with Crippen LogP contribution in [0.4, 0.5) is 0 Å². The number of carbonyl (C=O) groups is 1. The Morgan fingerprint density at radius 1 is 1.35 bits per heavy atom. The van der Waals surface area contributed by atoms with E-state index in [0.717, 1.165) is 0 Å². The van der Waals surface area contributed by atoms with Crippen molar-refractivity contribution in [1.82, 2.24) is 4.31 Å². The molecule has 0 aliphatic carbocycles. The number of rotatable bonds is 3. The topological polar surface area (TPSA) is 101 Å². The van der Waals surface area contributed by atoms with Crippen LogP contribution in [0.1, 0.15) is 23.7 Å². The molecular formula is C13H18N2O4S. The summed E-state index contributed by atoms with van der Waals surface area (Å²) in [7, 11) is -3.59. The first-order valence-corrected chi connectivity index (χ1v) is 7.84. The minimum atomic E-state index is -3.59. The Morgan fingerprint density at radius 3 is 2.45 bits per heavy atom. The van der Waals surface area contributed by atoms with Crippen molar-refractivity contribution in [2.24, 2.45) is 11.7 Å². The third-order valence-corrected chi connectivity index (χ3v) is 5.48. The number of carbonyl (C=O) groups excluding carboxylic acids is 1. The van der Waals surface area contributed by atoms with Crippen molar-refractivity contribution in [3.63, 3.8) is 0 Å². The van der Waals surface area contributed by atoms with Crippen LogP contribution in [0.15, 0.2) is 29.2 Å². The van der Waals surface area contributed by atoms with Crippen LogP contribution in [-0.2, 0) is 10.0 Å². The van der Waals surface area contributed by atoms with Gasteiger partial charge in [0.25, 0.3) is 0 Å². The number of aliphatic hydroxyl groups excluding tert-OH is 1. The molecule has 0 radical (unpaired) electrons. The number of hydrogen-bond acceptors (Lipinski definition) is 4. The SMILES string of the molecule is CC1CN(S(=O)(=O)c2ccc(C(N)=O)cc2)CCC1O. The van der Waals surface area contributed by atoms with Crippen LogP contribution < -0.4 is 5.73 Å². The molecule has 110 valence electrons. The van der Waals surface area contributed by atoms with Gasteiger partial charge in [-0.25, -0.2) is 8.42 Å². The molecule has 1 aromatic carbocycles. The molecule has 1 fully saturated rings. The maximum absolute atomic E-state index is 12.4. The number of sulfonamides is 1. The van der Waals surface area contributed by atoms with Crippen molar-refractivity contribution >= 4 is 15.9 Å². The Bertz CT molecular complexity index is 597. The van der Waals surface area contributed by atoms with Crippen LogP contribution in [0.5, 0.6) is 0 Å². The Kier molecular flexibility index (Phi) is 4.12. The standard InChI is InChI=1S/C13H18N2O4S/c1-9-8-15(7-6-12(9)16)20(18,19)11-4-2-10(3-5-11)13(14)17/h2-5,9,12,16H,6-8H2,1H3,(H2,14,17). The van der Waals surface area contributed by atoms with E-state index in [1.165, 1.54) is 28.6 Å². The fraction of sp³-hybridized carbons (Fsp3) is 0.462. The van der Waals surface area contributed by atoms with E-state index in [9.17, 15) is 18.3 Å². The first-order chi connectivity index (χ1) is 9.32. The monoisotopic (exact) mass is 298 g/mol. The van der Waals surface area contributed by atoms with Gasteiger partial charge >= 0.3 is 0 Å². The molecule has 0 spiro atoms. The zero-order chi connectivity index (χ0) is 14.9. The average Bonchev–Trinajstić information content (AvgIpc) is 2.41. The second kappa shape index (κ2) is 5.51. The highest BCUT2D eigenvalue weighted by molar-refractivity contribution is 7.89. The zero-order valence-corrected chi connectivity index (χ0v) is 12.0. The Morgan fingerprint density at radius 2 is 1.95 bits per heavy atom. The summed E-state index contributed by atoms with van der Waals surface area (Å²) < 4.78 is 26.3. The number of nitrogens with zero attached hydrogens (tertiary/aromatic N) is 1. The van der Waals surface area contributed by atoms with E-state index < -0.39 is 22.0 Å². The van der Waals surface area contributed by atoms with E-state index in [-0.39, 0.29) is 16.4 Å². The van der Waals surface area contributed by atoms with Crippen LogP contribution in [0.25, 0.3) is 0 Å². The smallest absolute Gasteiger partial charge is 0.248 e. The van der Waals surface area contributed by atoms with Crippen molar-refractivity contribution in [2.45, 2.75) is 24.3 Å². The fourth-order valence-electron chi connectivity index (χ4n) is 2.25. The van der Waals surface area contributed by atoms with E-state index in [2.05, 4.69) is 0 Å². The van der Waals surface area contributed by atoms with Crippen LogP contribution in [0.3, 0.4) is 0 Å². The number of aliphatic hydroxyl groups is 1. The predicted molar refractivity (Wildman–Crippen MR) is 73.5 cm³/mol. The molecule has 0 aromatic heterocycles. The maximum Gasteiger partial charge on any atom is 0.248 e. The number of primary amides is 1. The summed E-state index contributed by atoms with van der Waals surface area (Å²) in [4.78, 5) is 11.1. The van der Waals surface area contributed by atoms with Crippen LogP contribution in [0, 0.1) is 5.92 Å². The Hall–Kier alpha value is -1.44. The van der Waals surface area contributed by atoms with Gasteiger partial charge in [0.1, 0.15) is 0 Å². The summed E-state index contributed by atoms with van der Waals surface area (Å²) in [5.41, 5.74) is 5.39. The molecule has 0 saturated carbocycles. The molecule has 0 bridgehead atoms. The lowest BCUT2D eigenvalue weighted by atomic mass is 9.99. The van der Waals surface area contributed by atoms with Gasteiger partial charge in [-0.2, -0.15) is 4.31 Å². The summed E-state index contributed by atoms with van der Waals surface area (Å²) in [6.45, 7) is 2.41. The minimum Gasteiger partial charge on any atom is -0.393 e. The third kappa shape index (κ3) is 2.84. The van der Waals surface area contributed by atoms with Crippen LogP contribution in [-0.4, -0.2) is 42.9 Å². The molecule has 1 saturated heterocycles. The van der Waals surface area contributed by atoms with E-state index in [1.54, 1.807) is 0 Å². The molecule has 20 heavy (non-hydrogen) atoms. The molecule has 6 nitrogen and oxygen atoms in total. The zero-order valence-electron chi connectivity index (χ0n) is 11.2. The molecule has 2 unspecified atom stereocenters. The number of benzene rings is 1. The van der Waals surface area contributed by atoms with Gasteiger partial charge in [-0.05, 0) is 36.6 Å². The van der Waals surface area contributed by atoms with Crippen molar-refractivity contribution in [2.75, 3.05) is 13.1 Å². The third-order valence-electron chi connectivity index (χ3n) is 3.60. The molecule has 1 amide bonds. The van der Waals surface area contributed by atoms with Crippen molar-refractivity contribution in [3.8, 4) is 0 Å². The van der Waals surface area contributed by atoms with Gasteiger partial charge in [-0.1, -0.05) is 6.92 Å². The maximum atomic E-state index is 12.4. The summed E-state index contributed by atoms with van der Waals surface area (Å²) in [6.07, 6.45) is -0.0292. The number of piperidine rings is 1. The second-order valence-electron chi connectivity index (χ2n) is 5.08. The second-order valence-corrected chi connectivity index (χ2v) is 7.02. The van der Waals surface area contributed by atoms with Crippen LogP contribution in [0.2, 0.25) is 0 Å². The van der Waals surface area contributed by atoms with E-state index in [1.807, 2.05) is 6.92 Å². The van der Waals surface area contributed by atoms with E-state index in [4.69, 9.17) is 5.73 Å². The quantitative estimate of drug-likeness (QED) is 0.831. The predicted octanol–water partition coefficient (Wildman–Crippen LogP) is 0.177. The first-order valence-electron chi connectivity index (χ1n) is 6.40. The average molecular weight is 298 g/mol. The summed E-state index contributed by atoms with van der Waals surface area (Å²) in [5.74, 6) is -0.688. The molecule has 1 aromatic rings. The van der Waals surface area contributed by atoms with Crippen molar-refractivity contribution in [1.29, 1.82) is 0 Å². The lowest BCUT2D eigenvalue weighted by Gasteiger charge is -2.33. The number of nitrogens with two attached hydrogens (primary N) is 1. The lowest BCUT2D eigenvalue weighted by molar-refractivity contribution is 0.0628. The molecule has 3 N–H and O–H groups in total. The minimum absolute atomic E-state index is 0.0941. The first kappa shape index (κ1) is 15.0. The molecule has 2 atom stereocenters. The van der Waals surface area contributed by atoms with Gasteiger partial charge in [-0.3, -0.25) is 4.79 Å².